The third-order valence-corrected chi connectivity index (χ3v) is 12.7. The number of anilines is 3. The molecule has 1 nitrogen and oxygen atoms in total. The van der Waals surface area contributed by atoms with Gasteiger partial charge in [-0.15, -0.1) is 0 Å². The van der Waals surface area contributed by atoms with E-state index in [1.165, 1.54) is 101 Å². The van der Waals surface area contributed by atoms with Crippen LogP contribution >= 0.6 is 0 Å². The largest absolute Gasteiger partial charge is 0.310 e. The molecule has 1 spiro atoms. The fourth-order valence-electron chi connectivity index (χ4n) is 10.6. The van der Waals surface area contributed by atoms with E-state index < -0.39 is 5.41 Å². The fourth-order valence-corrected chi connectivity index (χ4v) is 10.6. The second-order valence-electron chi connectivity index (χ2n) is 14.9. The highest BCUT2D eigenvalue weighted by molar-refractivity contribution is 6.00. The molecule has 1 heteroatoms. The van der Waals surface area contributed by atoms with Gasteiger partial charge in [-0.1, -0.05) is 152 Å². The van der Waals surface area contributed by atoms with Crippen LogP contribution in [0.2, 0.25) is 0 Å². The molecule has 12 rings (SSSR count). The minimum absolute atomic E-state index is 0.295. The minimum atomic E-state index is -0.395. The number of fused-ring (bicyclic) bond motifs is 15. The van der Waals surface area contributed by atoms with Crippen LogP contribution in [0.3, 0.4) is 0 Å². The molecule has 8 aromatic carbocycles. The van der Waals surface area contributed by atoms with E-state index in [4.69, 9.17) is 0 Å². The maximum absolute atomic E-state index is 2.56. The number of hydrogen-bond acceptors (Lipinski definition) is 1. The minimum Gasteiger partial charge on any atom is -0.310 e. The molecular weight excluding hydrogens is 627 g/mol. The van der Waals surface area contributed by atoms with E-state index in [0.29, 0.717) is 0 Å². The van der Waals surface area contributed by atoms with Crippen molar-refractivity contribution in [1.29, 1.82) is 0 Å². The van der Waals surface area contributed by atoms with Crippen LogP contribution in [0.5, 0.6) is 0 Å². The third-order valence-electron chi connectivity index (χ3n) is 12.7. The van der Waals surface area contributed by atoms with Crippen molar-refractivity contribution in [1.82, 2.24) is 0 Å². The normalized spacial score (nSPS) is 17.1. The lowest BCUT2D eigenvalue weighted by atomic mass is 9.69. The Balaban J connectivity index is 1.16. The summed E-state index contributed by atoms with van der Waals surface area (Å²) in [4.78, 5) is 2.56. The van der Waals surface area contributed by atoms with Crippen LogP contribution in [-0.2, 0) is 10.8 Å². The Labute approximate surface area is 304 Å². The molecule has 242 valence electrons. The van der Waals surface area contributed by atoms with E-state index in [9.17, 15) is 0 Å². The Morgan fingerprint density at radius 3 is 1.54 bits per heavy atom. The summed E-state index contributed by atoms with van der Waals surface area (Å²) < 4.78 is 0. The maximum atomic E-state index is 2.56. The fraction of sp³-hybridized carbons (Fsp3) is 0.0588. The van der Waals surface area contributed by atoms with Crippen LogP contribution in [-0.4, -0.2) is 0 Å². The Morgan fingerprint density at radius 1 is 0.346 bits per heavy atom. The Hall–Kier alpha value is -6.44. The smallest absolute Gasteiger partial charge is 0.0726 e. The van der Waals surface area contributed by atoms with Crippen LogP contribution < -0.4 is 4.90 Å². The van der Waals surface area contributed by atoms with Gasteiger partial charge in [0.25, 0.3) is 0 Å². The van der Waals surface area contributed by atoms with Crippen molar-refractivity contribution < 1.29 is 0 Å². The molecule has 52 heavy (non-hydrogen) atoms. The summed E-state index contributed by atoms with van der Waals surface area (Å²) in [7, 11) is 0. The maximum Gasteiger partial charge on any atom is 0.0726 e. The molecule has 0 fully saturated rings. The van der Waals surface area contributed by atoms with Gasteiger partial charge in [-0.2, -0.15) is 0 Å². The van der Waals surface area contributed by atoms with Gasteiger partial charge in [0.05, 0.1) is 16.8 Å². The van der Waals surface area contributed by atoms with Crippen molar-refractivity contribution in [2.75, 3.05) is 4.90 Å². The van der Waals surface area contributed by atoms with Crippen molar-refractivity contribution in [3.63, 3.8) is 0 Å². The summed E-state index contributed by atoms with van der Waals surface area (Å²) in [5.74, 6) is 0. The van der Waals surface area contributed by atoms with E-state index in [2.05, 4.69) is 194 Å². The zero-order valence-corrected chi connectivity index (χ0v) is 28.8. The van der Waals surface area contributed by atoms with E-state index in [1.54, 1.807) is 0 Å². The van der Waals surface area contributed by atoms with Crippen molar-refractivity contribution in [2.45, 2.75) is 17.8 Å². The molecule has 1 atom stereocenters. The quantitative estimate of drug-likeness (QED) is 0.179. The second-order valence-corrected chi connectivity index (χ2v) is 14.9. The number of nitrogens with zero attached hydrogens (tertiary/aromatic N) is 1. The topological polar surface area (TPSA) is 3.24 Å². The predicted molar refractivity (Wildman–Crippen MR) is 214 cm³/mol. The molecule has 1 aliphatic heterocycles. The standard InChI is InChI=1S/C51H33N/c1-50-41-21-9-5-19-38(41)40-20-13-25-48(49(40)50)52(47-29-26-33(30-46(47)50)32-14-3-2-4-15-32)34-27-28-39-37-18-8-12-24-44(37)51(45(39)31-34)42-22-10-6-16-35(42)36-17-7-11-23-43(36)51/h2-31H,1H3. The highest BCUT2D eigenvalue weighted by Gasteiger charge is 2.52. The summed E-state index contributed by atoms with van der Waals surface area (Å²) in [6, 6.07) is 68.5. The van der Waals surface area contributed by atoms with Gasteiger partial charge >= 0.3 is 0 Å². The Morgan fingerprint density at radius 2 is 0.885 bits per heavy atom. The van der Waals surface area contributed by atoms with E-state index in [1.807, 2.05) is 0 Å². The molecule has 4 aliphatic rings. The molecule has 3 aliphatic carbocycles. The first-order chi connectivity index (χ1) is 25.7. The van der Waals surface area contributed by atoms with E-state index in [0.717, 1.165) is 0 Å². The first-order valence-corrected chi connectivity index (χ1v) is 18.4. The predicted octanol–water partition coefficient (Wildman–Crippen LogP) is 12.8. The molecule has 1 unspecified atom stereocenters. The highest BCUT2D eigenvalue weighted by atomic mass is 15.2. The monoisotopic (exact) mass is 659 g/mol. The second kappa shape index (κ2) is 9.87. The number of rotatable bonds is 2. The van der Waals surface area contributed by atoms with Gasteiger partial charge in [0.15, 0.2) is 0 Å². The lowest BCUT2D eigenvalue weighted by molar-refractivity contribution is 0.702. The first-order valence-electron chi connectivity index (χ1n) is 18.4. The highest BCUT2D eigenvalue weighted by Crippen LogP contribution is 2.65. The summed E-state index contributed by atoms with van der Waals surface area (Å²) >= 11 is 0. The van der Waals surface area contributed by atoms with Gasteiger partial charge in [-0.3, -0.25) is 0 Å². The molecular formula is C51H33N. The molecule has 1 heterocycles. The summed E-state index contributed by atoms with van der Waals surface area (Å²) in [5, 5.41) is 0. The van der Waals surface area contributed by atoms with Gasteiger partial charge in [-0.25, -0.2) is 0 Å². The van der Waals surface area contributed by atoms with Crippen molar-refractivity contribution in [3.8, 4) is 44.5 Å². The zero-order chi connectivity index (χ0) is 34.2. The van der Waals surface area contributed by atoms with Crippen molar-refractivity contribution in [3.05, 3.63) is 221 Å². The zero-order valence-electron chi connectivity index (χ0n) is 28.8. The van der Waals surface area contributed by atoms with Gasteiger partial charge in [0, 0.05) is 11.1 Å². The molecule has 0 radical (unpaired) electrons. The van der Waals surface area contributed by atoms with Crippen molar-refractivity contribution in [2.24, 2.45) is 0 Å². The molecule has 0 saturated carbocycles. The van der Waals surface area contributed by atoms with Crippen LogP contribution in [0.4, 0.5) is 17.1 Å². The summed E-state index contributed by atoms with van der Waals surface area (Å²) in [6.45, 7) is 2.45. The lowest BCUT2D eigenvalue weighted by Gasteiger charge is -2.43. The van der Waals surface area contributed by atoms with E-state index in [-0.39, 0.29) is 5.41 Å². The molecule has 8 aromatic rings. The molecule has 0 aromatic heterocycles. The average molecular weight is 660 g/mol. The summed E-state index contributed by atoms with van der Waals surface area (Å²) in [6.07, 6.45) is 0. The van der Waals surface area contributed by atoms with Crippen molar-refractivity contribution >= 4 is 17.1 Å². The molecule has 0 amide bonds. The van der Waals surface area contributed by atoms with Crippen LogP contribution in [0, 0.1) is 0 Å². The van der Waals surface area contributed by atoms with Crippen LogP contribution in [0.15, 0.2) is 182 Å². The SMILES string of the molecule is CC12c3ccccc3-c3cccc(c31)N(c1ccc3c(c1)C1(c4ccccc4-c4ccccc41)c1ccccc1-3)c1ccc(-c3ccccc3)cc12. The van der Waals surface area contributed by atoms with Gasteiger partial charge in [0.2, 0.25) is 0 Å². The first kappa shape index (κ1) is 28.3. The van der Waals surface area contributed by atoms with Gasteiger partial charge < -0.3 is 4.90 Å². The van der Waals surface area contributed by atoms with E-state index >= 15 is 0 Å². The average Bonchev–Trinajstić information content (AvgIpc) is 3.79. The summed E-state index contributed by atoms with van der Waals surface area (Å²) in [5.41, 5.74) is 23.0. The molecule has 0 saturated heterocycles. The Bertz CT molecular complexity index is 2760. The van der Waals surface area contributed by atoms with Gasteiger partial charge in [0.1, 0.15) is 0 Å². The third kappa shape index (κ3) is 3.26. The molecule has 0 N–H and O–H groups in total. The lowest BCUT2D eigenvalue weighted by Crippen LogP contribution is -2.32. The van der Waals surface area contributed by atoms with Gasteiger partial charge in [-0.05, 0) is 121 Å². The van der Waals surface area contributed by atoms with Crippen LogP contribution in [0.1, 0.15) is 45.9 Å². The number of hydrogen-bond donors (Lipinski definition) is 0. The van der Waals surface area contributed by atoms with Crippen LogP contribution in [0.25, 0.3) is 44.5 Å². The number of benzene rings is 8. The Kier molecular flexibility index (Phi) is 5.37. The molecule has 0 bridgehead atoms.